The summed E-state index contributed by atoms with van der Waals surface area (Å²) in [6.07, 6.45) is 8.26. The van der Waals surface area contributed by atoms with Crippen molar-refractivity contribution in [3.05, 3.63) is 23.7 Å². The van der Waals surface area contributed by atoms with Gasteiger partial charge in [-0.2, -0.15) is 0 Å². The van der Waals surface area contributed by atoms with Gasteiger partial charge in [-0.3, -0.25) is 0 Å². The minimum Gasteiger partial charge on any atom is -0.501 e. The van der Waals surface area contributed by atoms with Crippen LogP contribution in [0.5, 0.6) is 0 Å². The van der Waals surface area contributed by atoms with Gasteiger partial charge in [0.1, 0.15) is 0 Å². The highest BCUT2D eigenvalue weighted by Gasteiger charge is 2.19. The third-order valence-electron chi connectivity index (χ3n) is 3.46. The molecule has 2 heterocycles. The summed E-state index contributed by atoms with van der Waals surface area (Å²) in [5, 5.41) is 0. The molecule has 2 fully saturated rings. The van der Waals surface area contributed by atoms with Crippen molar-refractivity contribution in [2.24, 2.45) is 0 Å². The van der Waals surface area contributed by atoms with Gasteiger partial charge in [-0.15, -0.1) is 0 Å². The first kappa shape index (κ1) is 16.4. The Labute approximate surface area is 130 Å². The Morgan fingerprint density at radius 1 is 0.773 bits per heavy atom. The van der Waals surface area contributed by atoms with Crippen LogP contribution in [0.25, 0.3) is 0 Å². The molecule has 0 atom stereocenters. The molecule has 0 aromatic heterocycles. The van der Waals surface area contributed by atoms with Gasteiger partial charge in [0.25, 0.3) is 0 Å². The molecular formula is C16H22O6. The van der Waals surface area contributed by atoms with Crippen molar-refractivity contribution in [1.29, 1.82) is 0 Å². The highest BCUT2D eigenvalue weighted by molar-refractivity contribution is 5.90. The molecule has 2 aliphatic heterocycles. The van der Waals surface area contributed by atoms with Crippen molar-refractivity contribution >= 4 is 11.9 Å². The number of hydrogen-bond donors (Lipinski definition) is 0. The lowest BCUT2D eigenvalue weighted by Crippen LogP contribution is -1.97. The summed E-state index contributed by atoms with van der Waals surface area (Å²) in [5.74, 6) is -0.533. The molecule has 122 valence electrons. The van der Waals surface area contributed by atoms with Crippen molar-refractivity contribution in [3.63, 3.8) is 0 Å². The van der Waals surface area contributed by atoms with E-state index in [9.17, 15) is 9.59 Å². The first-order valence-corrected chi connectivity index (χ1v) is 7.73. The van der Waals surface area contributed by atoms with Crippen molar-refractivity contribution in [1.82, 2.24) is 0 Å². The van der Waals surface area contributed by atoms with Crippen molar-refractivity contribution in [2.45, 2.75) is 38.5 Å². The summed E-state index contributed by atoms with van der Waals surface area (Å²) < 4.78 is 20.3. The number of carbonyl (C=O) groups excluding carboxylic acids is 2. The van der Waals surface area contributed by atoms with E-state index < -0.39 is 0 Å². The fourth-order valence-corrected chi connectivity index (χ4v) is 2.15. The van der Waals surface area contributed by atoms with Gasteiger partial charge in [0.2, 0.25) is 0 Å². The van der Waals surface area contributed by atoms with Crippen LogP contribution < -0.4 is 0 Å². The van der Waals surface area contributed by atoms with E-state index in [1.165, 1.54) is 12.5 Å². The molecule has 0 radical (unpaired) electrons. The molecule has 0 saturated carbocycles. The maximum Gasteiger partial charge on any atom is 0.337 e. The highest BCUT2D eigenvalue weighted by Crippen LogP contribution is 2.14. The van der Waals surface area contributed by atoms with Crippen LogP contribution in [0, 0.1) is 0 Å². The second-order valence-corrected chi connectivity index (χ2v) is 5.21. The quantitative estimate of drug-likeness (QED) is 0.281. The molecule has 0 spiro atoms. The summed E-state index contributed by atoms with van der Waals surface area (Å²) in [4.78, 5) is 22.3. The predicted molar refractivity (Wildman–Crippen MR) is 77.7 cm³/mol. The van der Waals surface area contributed by atoms with Crippen LogP contribution in [0.3, 0.4) is 0 Å². The van der Waals surface area contributed by atoms with E-state index in [0.717, 1.165) is 25.7 Å². The number of unbranched alkanes of at least 4 members (excludes halogenated alkanes) is 3. The van der Waals surface area contributed by atoms with Gasteiger partial charge in [-0.1, -0.05) is 0 Å². The van der Waals surface area contributed by atoms with Crippen molar-refractivity contribution in [3.8, 4) is 0 Å². The lowest BCUT2D eigenvalue weighted by atomic mass is 10.2. The molecule has 0 amide bonds. The van der Waals surface area contributed by atoms with E-state index in [1.54, 1.807) is 0 Å². The fraction of sp³-hybridized carbons (Fsp3) is 0.625. The Morgan fingerprint density at radius 2 is 1.23 bits per heavy atom. The topological polar surface area (TPSA) is 71.1 Å². The number of esters is 2. The van der Waals surface area contributed by atoms with E-state index in [1.807, 2.05) is 0 Å². The summed E-state index contributed by atoms with van der Waals surface area (Å²) in [5.41, 5.74) is 1.23. The Morgan fingerprint density at radius 3 is 1.59 bits per heavy atom. The van der Waals surface area contributed by atoms with Gasteiger partial charge in [0, 0.05) is 12.8 Å². The molecule has 0 unspecified atom stereocenters. The second-order valence-electron chi connectivity index (χ2n) is 5.21. The largest absolute Gasteiger partial charge is 0.501 e. The number of hydrogen-bond acceptors (Lipinski definition) is 6. The SMILES string of the molecule is O=C1OCC/C1=C\OCCCCCCO/C=C1\CCOC1=O. The van der Waals surface area contributed by atoms with Crippen molar-refractivity contribution in [2.75, 3.05) is 26.4 Å². The zero-order valence-corrected chi connectivity index (χ0v) is 12.7. The van der Waals surface area contributed by atoms with Gasteiger partial charge in [-0.25, -0.2) is 9.59 Å². The molecule has 0 aliphatic carbocycles. The first-order chi connectivity index (χ1) is 10.8. The van der Waals surface area contributed by atoms with E-state index in [-0.39, 0.29) is 11.9 Å². The van der Waals surface area contributed by atoms with Crippen LogP contribution in [0.2, 0.25) is 0 Å². The molecule has 0 aromatic rings. The summed E-state index contributed by atoms with van der Waals surface area (Å²) >= 11 is 0. The van der Waals surface area contributed by atoms with Crippen LogP contribution >= 0.6 is 0 Å². The number of cyclic esters (lactones) is 2. The molecule has 0 aromatic carbocycles. The summed E-state index contributed by atoms with van der Waals surface area (Å²) in [6.45, 7) is 2.13. The first-order valence-electron chi connectivity index (χ1n) is 7.73. The Kier molecular flexibility index (Phi) is 6.80. The molecular weight excluding hydrogens is 288 g/mol. The van der Waals surface area contributed by atoms with Crippen molar-refractivity contribution < 1.29 is 28.5 Å². The average Bonchev–Trinajstić information content (AvgIpc) is 3.10. The maximum atomic E-state index is 11.1. The lowest BCUT2D eigenvalue weighted by molar-refractivity contribution is -0.136. The van der Waals surface area contributed by atoms with Gasteiger partial charge in [0.05, 0.1) is 50.1 Å². The molecule has 6 heteroatoms. The predicted octanol–water partition coefficient (Wildman–Crippen LogP) is 2.24. The molecule has 2 saturated heterocycles. The Hall–Kier alpha value is -1.98. The second kappa shape index (κ2) is 9.12. The smallest absolute Gasteiger partial charge is 0.337 e. The van der Waals surface area contributed by atoms with E-state index in [0.29, 0.717) is 50.4 Å². The molecule has 2 aliphatic rings. The van der Waals surface area contributed by atoms with Crippen LogP contribution in [0.15, 0.2) is 23.7 Å². The van der Waals surface area contributed by atoms with Gasteiger partial charge >= 0.3 is 11.9 Å². The van der Waals surface area contributed by atoms with Crippen LogP contribution in [0.1, 0.15) is 38.5 Å². The lowest BCUT2D eigenvalue weighted by Gasteiger charge is -2.03. The highest BCUT2D eigenvalue weighted by atomic mass is 16.5. The maximum absolute atomic E-state index is 11.1. The molecule has 0 N–H and O–H groups in total. The standard InChI is InChI=1S/C16H22O6/c17-15-13(5-9-21-15)11-19-7-3-1-2-4-8-20-12-14-6-10-22-16(14)18/h11-12H,1-10H2/b13-11+,14-12+. The molecule has 6 nitrogen and oxygen atoms in total. The van der Waals surface area contributed by atoms with E-state index >= 15 is 0 Å². The summed E-state index contributed by atoms with van der Waals surface area (Å²) in [6, 6.07) is 0. The van der Waals surface area contributed by atoms with Gasteiger partial charge < -0.3 is 18.9 Å². The zero-order valence-electron chi connectivity index (χ0n) is 12.7. The number of rotatable bonds is 9. The monoisotopic (exact) mass is 310 g/mol. The third-order valence-corrected chi connectivity index (χ3v) is 3.46. The minimum atomic E-state index is -0.266. The zero-order chi connectivity index (χ0) is 15.6. The van der Waals surface area contributed by atoms with E-state index in [2.05, 4.69) is 0 Å². The molecule has 22 heavy (non-hydrogen) atoms. The number of ether oxygens (including phenoxy) is 4. The minimum absolute atomic E-state index is 0.266. The average molecular weight is 310 g/mol. The van der Waals surface area contributed by atoms with Gasteiger partial charge in [-0.05, 0) is 25.7 Å². The molecule has 0 bridgehead atoms. The molecule has 2 rings (SSSR count). The fourth-order valence-electron chi connectivity index (χ4n) is 2.15. The normalized spacial score (nSPS) is 21.3. The van der Waals surface area contributed by atoms with Gasteiger partial charge in [0.15, 0.2) is 0 Å². The number of carbonyl (C=O) groups is 2. The Bertz CT molecular complexity index is 410. The third kappa shape index (κ3) is 5.42. The van der Waals surface area contributed by atoms with Crippen LogP contribution in [0.4, 0.5) is 0 Å². The summed E-state index contributed by atoms with van der Waals surface area (Å²) in [7, 11) is 0. The van der Waals surface area contributed by atoms with Crippen LogP contribution in [-0.2, 0) is 28.5 Å². The van der Waals surface area contributed by atoms with Crippen LogP contribution in [-0.4, -0.2) is 38.4 Å². The Balaban J connectivity index is 1.41. The van der Waals surface area contributed by atoms with E-state index in [4.69, 9.17) is 18.9 Å².